The number of unbranched alkanes of at least 4 members (excludes halogenated alkanes) is 1. The first-order chi connectivity index (χ1) is 18.2. The Morgan fingerprint density at radius 1 is 1.16 bits per heavy atom. The van der Waals surface area contributed by atoms with Crippen molar-refractivity contribution in [3.8, 4) is 0 Å². The monoisotopic (exact) mass is 545 g/mol. The lowest BCUT2D eigenvalue weighted by Crippen LogP contribution is -2.19. The number of ether oxygens (including phenoxy) is 2. The molecule has 0 radical (unpaired) electrons. The Morgan fingerprint density at radius 2 is 1.92 bits per heavy atom. The topological polar surface area (TPSA) is 90.4 Å². The van der Waals surface area contributed by atoms with Crippen LogP contribution in [0.1, 0.15) is 89.8 Å². The Kier molecular flexibility index (Phi) is 9.04. The maximum atomic E-state index is 13.7. The van der Waals surface area contributed by atoms with E-state index in [0.29, 0.717) is 17.4 Å². The zero-order valence-electron chi connectivity index (χ0n) is 21.9. The molecule has 0 spiro atoms. The van der Waals surface area contributed by atoms with Gasteiger partial charge in [0.05, 0.1) is 33.6 Å². The van der Waals surface area contributed by atoms with Gasteiger partial charge >= 0.3 is 5.97 Å². The number of amides is 1. The molecule has 0 unspecified atom stereocenters. The molecule has 204 valence electrons. The van der Waals surface area contributed by atoms with Crippen molar-refractivity contribution in [2.45, 2.75) is 64.2 Å². The number of carbonyl (C=O) groups is 2. The van der Waals surface area contributed by atoms with Crippen LogP contribution in [0.4, 0.5) is 14.5 Å². The molecule has 2 aromatic heterocycles. The number of pyridine rings is 1. The molecule has 7 nitrogen and oxygen atoms in total. The summed E-state index contributed by atoms with van der Waals surface area (Å²) in [6, 6.07) is 7.15. The summed E-state index contributed by atoms with van der Waals surface area (Å²) in [6.07, 6.45) is 6.46. The first kappa shape index (κ1) is 28.0. The molecule has 38 heavy (non-hydrogen) atoms. The third kappa shape index (κ3) is 6.71. The van der Waals surface area contributed by atoms with Gasteiger partial charge in [-0.15, -0.1) is 11.3 Å². The molecule has 1 aliphatic carbocycles. The molecule has 4 rings (SSSR count). The predicted octanol–water partition coefficient (Wildman–Crippen LogP) is 6.93. The van der Waals surface area contributed by atoms with Crippen molar-refractivity contribution in [2.24, 2.45) is 5.92 Å². The van der Waals surface area contributed by atoms with Crippen molar-refractivity contribution >= 4 is 39.1 Å². The van der Waals surface area contributed by atoms with E-state index in [2.05, 4.69) is 17.2 Å². The van der Waals surface area contributed by atoms with Crippen LogP contribution < -0.4 is 5.32 Å². The number of nitrogens with one attached hydrogen (secondary N) is 1. The Hall–Kier alpha value is -2.98. The van der Waals surface area contributed by atoms with Gasteiger partial charge in [0.1, 0.15) is 11.4 Å². The maximum Gasteiger partial charge on any atom is 0.340 e. The molecule has 0 aliphatic heterocycles. The quantitative estimate of drug-likeness (QED) is 0.219. The standard InChI is InChI=1S/C28H33F2N3O4S/c1-4-5-13-37-16-17-9-11-18(12-10-17)26-33-22-14-19(27(35)36-3)21(15-23(22)38-26)32-25(34)20-7-6-8-24(31-20)28(2,29)30/h6-8,14-15,17-18H,4-5,9-13,16H2,1-3H3,(H,32,34)/t17-,18-. The minimum absolute atomic E-state index is 0.134. The molecule has 1 amide bonds. The molecule has 1 fully saturated rings. The summed E-state index contributed by atoms with van der Waals surface area (Å²) in [5, 5.41) is 3.66. The molecule has 0 saturated heterocycles. The van der Waals surface area contributed by atoms with Crippen molar-refractivity contribution in [3.05, 3.63) is 52.3 Å². The van der Waals surface area contributed by atoms with Gasteiger partial charge in [0.25, 0.3) is 11.8 Å². The van der Waals surface area contributed by atoms with Crippen molar-refractivity contribution in [2.75, 3.05) is 25.6 Å². The number of hydrogen-bond donors (Lipinski definition) is 1. The van der Waals surface area contributed by atoms with E-state index in [9.17, 15) is 18.4 Å². The fraction of sp³-hybridized carbons (Fsp3) is 0.500. The summed E-state index contributed by atoms with van der Waals surface area (Å²) < 4.78 is 39.0. The minimum Gasteiger partial charge on any atom is -0.465 e. The van der Waals surface area contributed by atoms with Gasteiger partial charge in [-0.05, 0) is 62.3 Å². The largest absolute Gasteiger partial charge is 0.465 e. The number of thiazole rings is 1. The lowest BCUT2D eigenvalue weighted by atomic mass is 9.83. The first-order valence-electron chi connectivity index (χ1n) is 13.0. The molecule has 1 saturated carbocycles. The van der Waals surface area contributed by atoms with E-state index in [1.165, 1.54) is 30.6 Å². The summed E-state index contributed by atoms with van der Waals surface area (Å²) >= 11 is 1.54. The number of rotatable bonds is 10. The molecule has 1 aromatic carbocycles. The predicted molar refractivity (Wildman–Crippen MR) is 143 cm³/mol. The highest BCUT2D eigenvalue weighted by atomic mass is 32.1. The number of halogens is 2. The highest BCUT2D eigenvalue weighted by Gasteiger charge is 2.28. The van der Waals surface area contributed by atoms with E-state index >= 15 is 0 Å². The lowest BCUT2D eigenvalue weighted by molar-refractivity contribution is 0.0126. The smallest absolute Gasteiger partial charge is 0.340 e. The van der Waals surface area contributed by atoms with E-state index in [4.69, 9.17) is 14.5 Å². The lowest BCUT2D eigenvalue weighted by Gasteiger charge is -2.27. The zero-order chi connectivity index (χ0) is 27.3. The Labute approximate surface area is 225 Å². The van der Waals surface area contributed by atoms with Gasteiger partial charge in [0.15, 0.2) is 0 Å². The highest BCUT2D eigenvalue weighted by Crippen LogP contribution is 2.40. The van der Waals surface area contributed by atoms with Crippen LogP contribution in [0, 0.1) is 5.92 Å². The normalized spacial score (nSPS) is 17.9. The third-order valence-electron chi connectivity index (χ3n) is 6.82. The second-order valence-corrected chi connectivity index (χ2v) is 10.9. The molecule has 0 atom stereocenters. The number of nitrogens with zero attached hydrogens (tertiary/aromatic N) is 2. The Bertz CT molecular complexity index is 1280. The van der Waals surface area contributed by atoms with Crippen LogP contribution in [0.2, 0.25) is 0 Å². The van der Waals surface area contributed by atoms with E-state index in [1.54, 1.807) is 12.1 Å². The molecule has 2 heterocycles. The zero-order valence-corrected chi connectivity index (χ0v) is 22.7. The molecule has 1 aliphatic rings. The minimum atomic E-state index is -3.19. The van der Waals surface area contributed by atoms with Crippen LogP contribution in [0.5, 0.6) is 0 Å². The summed E-state index contributed by atoms with van der Waals surface area (Å²) in [7, 11) is 1.25. The molecule has 3 aromatic rings. The van der Waals surface area contributed by atoms with Crippen molar-refractivity contribution < 1.29 is 27.8 Å². The second-order valence-electron chi connectivity index (χ2n) is 9.81. The fourth-order valence-electron chi connectivity index (χ4n) is 4.61. The van der Waals surface area contributed by atoms with Crippen LogP contribution in [-0.2, 0) is 15.4 Å². The summed E-state index contributed by atoms with van der Waals surface area (Å²) in [6.45, 7) is 4.51. The maximum absolute atomic E-state index is 13.7. The van der Waals surface area contributed by atoms with E-state index in [-0.39, 0.29) is 16.9 Å². The van der Waals surface area contributed by atoms with Crippen molar-refractivity contribution in [1.82, 2.24) is 9.97 Å². The van der Waals surface area contributed by atoms with Crippen LogP contribution >= 0.6 is 11.3 Å². The van der Waals surface area contributed by atoms with Gasteiger partial charge in [-0.25, -0.2) is 14.8 Å². The number of methoxy groups -OCH3 is 1. The van der Waals surface area contributed by atoms with Crippen molar-refractivity contribution in [1.29, 1.82) is 0 Å². The van der Waals surface area contributed by atoms with Gasteiger partial charge in [-0.3, -0.25) is 4.79 Å². The van der Waals surface area contributed by atoms with Gasteiger partial charge in [-0.2, -0.15) is 8.78 Å². The molecule has 1 N–H and O–H groups in total. The van der Waals surface area contributed by atoms with Crippen LogP contribution in [-0.4, -0.2) is 42.2 Å². The number of carbonyl (C=O) groups excluding carboxylic acids is 2. The van der Waals surface area contributed by atoms with Gasteiger partial charge in [0, 0.05) is 26.1 Å². The molecular weight excluding hydrogens is 512 g/mol. The number of benzene rings is 1. The SMILES string of the molecule is CCCCOC[C@H]1CC[C@H](c2nc3cc(C(=O)OC)c(NC(=O)c4cccc(C(C)(F)F)n4)cc3s2)CC1. The third-order valence-corrected chi connectivity index (χ3v) is 8.00. The highest BCUT2D eigenvalue weighted by molar-refractivity contribution is 7.18. The van der Waals surface area contributed by atoms with Crippen LogP contribution in [0.15, 0.2) is 30.3 Å². The molecule has 0 bridgehead atoms. The van der Waals surface area contributed by atoms with E-state index in [1.807, 2.05) is 0 Å². The second kappa shape index (κ2) is 12.3. The van der Waals surface area contributed by atoms with Gasteiger partial charge in [0.2, 0.25) is 0 Å². The van der Waals surface area contributed by atoms with E-state index in [0.717, 1.165) is 74.4 Å². The Balaban J connectivity index is 1.52. The van der Waals surface area contributed by atoms with Gasteiger partial charge in [-0.1, -0.05) is 19.4 Å². The average Bonchev–Trinajstić information content (AvgIpc) is 3.33. The van der Waals surface area contributed by atoms with Crippen LogP contribution in [0.3, 0.4) is 0 Å². The van der Waals surface area contributed by atoms with Crippen molar-refractivity contribution in [3.63, 3.8) is 0 Å². The summed E-state index contributed by atoms with van der Waals surface area (Å²) in [4.78, 5) is 34.0. The number of esters is 1. The fourth-order valence-corrected chi connectivity index (χ4v) is 5.77. The summed E-state index contributed by atoms with van der Waals surface area (Å²) in [5.41, 5.74) is 0.311. The number of anilines is 1. The van der Waals surface area contributed by atoms with E-state index < -0.39 is 23.5 Å². The average molecular weight is 546 g/mol. The molecule has 10 heteroatoms. The number of fused-ring (bicyclic) bond motifs is 1. The van der Waals surface area contributed by atoms with Crippen LogP contribution in [0.25, 0.3) is 10.2 Å². The number of hydrogen-bond acceptors (Lipinski definition) is 7. The number of alkyl halides is 2. The Morgan fingerprint density at radius 3 is 2.61 bits per heavy atom. The first-order valence-corrected chi connectivity index (χ1v) is 13.8. The molecular formula is C28H33F2N3O4S. The van der Waals surface area contributed by atoms with Gasteiger partial charge < -0.3 is 14.8 Å². The summed E-state index contributed by atoms with van der Waals surface area (Å²) in [5.74, 6) is -3.62. The number of aromatic nitrogens is 2.